The lowest BCUT2D eigenvalue weighted by atomic mass is 9.84. The number of piperidine rings is 1. The molecule has 1 saturated carbocycles. The molecule has 4 rings (SSSR count). The van der Waals surface area contributed by atoms with Gasteiger partial charge < -0.3 is 14.9 Å². The predicted molar refractivity (Wildman–Crippen MR) is 132 cm³/mol. The van der Waals surface area contributed by atoms with Crippen molar-refractivity contribution in [3.05, 3.63) is 22.8 Å². The zero-order valence-electron chi connectivity index (χ0n) is 22.7. The van der Waals surface area contributed by atoms with E-state index in [0.717, 1.165) is 16.2 Å². The molecule has 14 heteroatoms. The fourth-order valence-electron chi connectivity index (χ4n) is 5.62. The first-order valence-corrected chi connectivity index (χ1v) is 13.4. The topological polar surface area (TPSA) is 107 Å². The van der Waals surface area contributed by atoms with Gasteiger partial charge in [-0.2, -0.15) is 13.2 Å². The van der Waals surface area contributed by atoms with Crippen molar-refractivity contribution in [2.24, 2.45) is 0 Å². The molecule has 0 bridgehead atoms. The van der Waals surface area contributed by atoms with E-state index in [9.17, 15) is 41.4 Å². The maximum absolute atomic E-state index is 14.1. The molecule has 3 amide bonds. The number of nitrogens with zero attached hydrogens (tertiary/aromatic N) is 5. The van der Waals surface area contributed by atoms with Crippen LogP contribution in [0.2, 0.25) is 0 Å². The third-order valence-corrected chi connectivity index (χ3v) is 7.79. The Morgan fingerprint density at radius 1 is 1.15 bits per heavy atom. The van der Waals surface area contributed by atoms with Gasteiger partial charge in [0, 0.05) is 49.4 Å². The molecule has 1 saturated heterocycles. The summed E-state index contributed by atoms with van der Waals surface area (Å²) in [6.45, 7) is 3.17. The molecule has 2 fully saturated rings. The van der Waals surface area contributed by atoms with Gasteiger partial charge in [0.1, 0.15) is 5.82 Å². The number of carbonyl (C=O) groups is 3. The molecule has 1 aromatic heterocycles. The number of halogens is 5. The van der Waals surface area contributed by atoms with Crippen LogP contribution in [0.1, 0.15) is 88.0 Å². The first-order valence-electron chi connectivity index (χ1n) is 13.4. The van der Waals surface area contributed by atoms with Crippen LogP contribution >= 0.6 is 0 Å². The molecule has 3 aliphatic rings. The van der Waals surface area contributed by atoms with Crippen molar-refractivity contribution in [3.63, 3.8) is 0 Å². The minimum Gasteiger partial charge on any atom is -0.465 e. The fourth-order valence-corrected chi connectivity index (χ4v) is 5.62. The van der Waals surface area contributed by atoms with Crippen molar-refractivity contribution in [3.8, 4) is 0 Å². The Kier molecular flexibility index (Phi) is 8.03. The van der Waals surface area contributed by atoms with Gasteiger partial charge in [0.25, 0.3) is 5.92 Å². The second kappa shape index (κ2) is 10.7. The second-order valence-corrected chi connectivity index (χ2v) is 11.9. The molecular formula is C26H34F5N5O4. The standard InChI is InChI=1S/C26H34F5N5O4/c1-24(2,3)36(23(39)40)16(12-35-14-25(27,28)9-7-19(35)37)11-20(38)34-10-8-17-18(13-34)32-22(15-5-4-6-15)33-21(17)26(29,30)31/h15-16H,4-14H2,1-3H3,(H,39,40)/t16-/m0/s1. The summed E-state index contributed by atoms with van der Waals surface area (Å²) in [5.41, 5.74) is -1.98. The van der Waals surface area contributed by atoms with Crippen molar-refractivity contribution in [2.45, 2.75) is 102 Å². The molecule has 1 N–H and O–H groups in total. The van der Waals surface area contributed by atoms with Crippen LogP contribution in [-0.4, -0.2) is 84.8 Å². The van der Waals surface area contributed by atoms with Gasteiger partial charge in [-0.15, -0.1) is 0 Å². The zero-order chi connectivity index (χ0) is 29.6. The first-order chi connectivity index (χ1) is 18.5. The van der Waals surface area contributed by atoms with Gasteiger partial charge in [-0.25, -0.2) is 23.5 Å². The van der Waals surface area contributed by atoms with Crippen LogP contribution in [0.25, 0.3) is 0 Å². The number of amides is 3. The number of aromatic nitrogens is 2. The Morgan fingerprint density at radius 2 is 1.82 bits per heavy atom. The lowest BCUT2D eigenvalue weighted by Gasteiger charge is -2.43. The quantitative estimate of drug-likeness (QED) is 0.503. The molecule has 1 aliphatic carbocycles. The van der Waals surface area contributed by atoms with E-state index < -0.39 is 79.6 Å². The van der Waals surface area contributed by atoms with Crippen LogP contribution in [0.3, 0.4) is 0 Å². The summed E-state index contributed by atoms with van der Waals surface area (Å²) in [5.74, 6) is -4.32. The number of rotatable bonds is 6. The number of carboxylic acid groups (broad SMARTS) is 1. The Labute approximate surface area is 228 Å². The van der Waals surface area contributed by atoms with Crippen LogP contribution < -0.4 is 0 Å². The first kappa shape index (κ1) is 29.9. The molecule has 2 aliphatic heterocycles. The summed E-state index contributed by atoms with van der Waals surface area (Å²) < 4.78 is 69.7. The van der Waals surface area contributed by atoms with E-state index in [1.807, 2.05) is 0 Å². The Balaban J connectivity index is 1.59. The Morgan fingerprint density at radius 3 is 2.38 bits per heavy atom. The van der Waals surface area contributed by atoms with Gasteiger partial charge in [-0.05, 0) is 40.0 Å². The normalized spacial score (nSPS) is 20.6. The monoisotopic (exact) mass is 575 g/mol. The van der Waals surface area contributed by atoms with Crippen LogP contribution in [0.4, 0.5) is 26.7 Å². The van der Waals surface area contributed by atoms with Gasteiger partial charge in [-0.3, -0.25) is 14.5 Å². The summed E-state index contributed by atoms with van der Waals surface area (Å²) in [6, 6.07) is -1.16. The van der Waals surface area contributed by atoms with Gasteiger partial charge >= 0.3 is 12.3 Å². The summed E-state index contributed by atoms with van der Waals surface area (Å²) in [6.07, 6.45) is -5.41. The summed E-state index contributed by atoms with van der Waals surface area (Å²) in [5, 5.41) is 9.97. The fraction of sp³-hybridized carbons (Fsp3) is 0.731. The van der Waals surface area contributed by atoms with E-state index in [1.54, 1.807) is 20.8 Å². The Bertz CT molecular complexity index is 1170. The average molecular weight is 576 g/mol. The molecule has 0 radical (unpaired) electrons. The second-order valence-electron chi connectivity index (χ2n) is 11.9. The van der Waals surface area contributed by atoms with Gasteiger partial charge in [0.15, 0.2) is 5.69 Å². The summed E-state index contributed by atoms with van der Waals surface area (Å²) in [4.78, 5) is 49.6. The van der Waals surface area contributed by atoms with E-state index in [-0.39, 0.29) is 42.5 Å². The highest BCUT2D eigenvalue weighted by Gasteiger charge is 2.44. The van der Waals surface area contributed by atoms with E-state index in [0.29, 0.717) is 12.8 Å². The van der Waals surface area contributed by atoms with Crippen molar-refractivity contribution < 1.29 is 41.4 Å². The molecule has 1 aromatic rings. The van der Waals surface area contributed by atoms with Crippen LogP contribution in [0.15, 0.2) is 0 Å². The number of alkyl halides is 5. The number of likely N-dealkylation sites (tertiary alicyclic amines) is 1. The minimum absolute atomic E-state index is 0.0563. The third kappa shape index (κ3) is 6.46. The van der Waals surface area contributed by atoms with Crippen LogP contribution in [-0.2, 0) is 28.7 Å². The smallest absolute Gasteiger partial charge is 0.433 e. The number of carbonyl (C=O) groups excluding carboxylic acids is 2. The molecule has 0 spiro atoms. The van der Waals surface area contributed by atoms with Crippen LogP contribution in [0, 0.1) is 0 Å². The molecule has 0 unspecified atom stereocenters. The maximum atomic E-state index is 14.1. The molecule has 1 atom stereocenters. The lowest BCUT2D eigenvalue weighted by molar-refractivity contribution is -0.149. The highest BCUT2D eigenvalue weighted by atomic mass is 19.4. The molecule has 3 heterocycles. The largest absolute Gasteiger partial charge is 0.465 e. The molecule has 0 aromatic carbocycles. The molecule has 40 heavy (non-hydrogen) atoms. The van der Waals surface area contributed by atoms with Crippen molar-refractivity contribution in [1.29, 1.82) is 0 Å². The molecule has 9 nitrogen and oxygen atoms in total. The van der Waals surface area contributed by atoms with Crippen molar-refractivity contribution >= 4 is 17.9 Å². The highest BCUT2D eigenvalue weighted by molar-refractivity contribution is 5.79. The average Bonchev–Trinajstić information content (AvgIpc) is 2.77. The van der Waals surface area contributed by atoms with E-state index in [4.69, 9.17) is 0 Å². The number of hydrogen-bond donors (Lipinski definition) is 1. The van der Waals surface area contributed by atoms with E-state index in [1.165, 1.54) is 4.90 Å². The third-order valence-electron chi connectivity index (χ3n) is 7.79. The van der Waals surface area contributed by atoms with E-state index >= 15 is 0 Å². The molecule has 222 valence electrons. The van der Waals surface area contributed by atoms with Crippen LogP contribution in [0.5, 0.6) is 0 Å². The van der Waals surface area contributed by atoms with Gasteiger partial charge in [0.05, 0.1) is 24.8 Å². The highest BCUT2D eigenvalue weighted by Crippen LogP contribution is 2.39. The summed E-state index contributed by atoms with van der Waals surface area (Å²) in [7, 11) is 0. The van der Waals surface area contributed by atoms with Gasteiger partial charge in [-0.1, -0.05) is 6.42 Å². The van der Waals surface area contributed by atoms with Crippen molar-refractivity contribution in [2.75, 3.05) is 19.6 Å². The SMILES string of the molecule is CC(C)(C)N(C(=O)O)[C@@H](CC(=O)N1CCc2c(nc(C3CCC3)nc2C(F)(F)F)C1)CN1CC(F)(F)CCC1=O. The number of fused-ring (bicyclic) bond motifs is 1. The van der Waals surface area contributed by atoms with E-state index in [2.05, 4.69) is 9.97 Å². The maximum Gasteiger partial charge on any atom is 0.433 e. The zero-order valence-corrected chi connectivity index (χ0v) is 22.7. The van der Waals surface area contributed by atoms with Gasteiger partial charge in [0.2, 0.25) is 11.8 Å². The van der Waals surface area contributed by atoms with Crippen molar-refractivity contribution in [1.82, 2.24) is 24.7 Å². The predicted octanol–water partition coefficient (Wildman–Crippen LogP) is 4.44. The number of hydrogen-bond acceptors (Lipinski definition) is 5. The lowest BCUT2D eigenvalue weighted by Crippen LogP contribution is -2.58. The Hall–Kier alpha value is -3.06. The molecular weight excluding hydrogens is 541 g/mol. The summed E-state index contributed by atoms with van der Waals surface area (Å²) >= 11 is 0. The minimum atomic E-state index is -4.68.